The number of carbonyl (C=O) groups is 1. The van der Waals surface area contributed by atoms with Crippen molar-refractivity contribution in [3.8, 4) is 5.82 Å². The van der Waals surface area contributed by atoms with E-state index in [0.717, 1.165) is 0 Å². The predicted octanol–water partition coefficient (Wildman–Crippen LogP) is -0.0589. The van der Waals surface area contributed by atoms with Crippen LogP contribution in [0.1, 0.15) is 16.3 Å². The van der Waals surface area contributed by atoms with Crippen molar-refractivity contribution in [1.29, 1.82) is 0 Å². The van der Waals surface area contributed by atoms with Crippen molar-refractivity contribution < 1.29 is 4.79 Å². The van der Waals surface area contributed by atoms with Crippen molar-refractivity contribution in [2.45, 2.75) is 6.92 Å². The van der Waals surface area contributed by atoms with Gasteiger partial charge in [-0.05, 0) is 13.0 Å². The Bertz CT molecular complexity index is 825. The molecule has 10 nitrogen and oxygen atoms in total. The third-order valence-electron chi connectivity index (χ3n) is 3.12. The van der Waals surface area contributed by atoms with Gasteiger partial charge in [0.2, 0.25) is 0 Å². The highest BCUT2D eigenvalue weighted by Crippen LogP contribution is 2.09. The number of carbonyl (C=O) groups excluding carboxylic acids is 1. The molecule has 0 aliphatic carbocycles. The van der Waals surface area contributed by atoms with Crippen LogP contribution in [0.2, 0.25) is 0 Å². The van der Waals surface area contributed by atoms with Gasteiger partial charge in [0.15, 0.2) is 11.5 Å². The van der Waals surface area contributed by atoms with E-state index in [1.54, 1.807) is 30.2 Å². The number of anilines is 1. The summed E-state index contributed by atoms with van der Waals surface area (Å²) in [7, 11) is 1.71. The Kier molecular flexibility index (Phi) is 4.45. The molecule has 3 heterocycles. The number of nitrogens with one attached hydrogen (secondary N) is 2. The van der Waals surface area contributed by atoms with Crippen molar-refractivity contribution in [2.75, 3.05) is 18.4 Å². The maximum atomic E-state index is 11.8. The third kappa shape index (κ3) is 3.72. The fourth-order valence-electron chi connectivity index (χ4n) is 2.07. The summed E-state index contributed by atoms with van der Waals surface area (Å²) in [6, 6.07) is 3.62. The molecule has 0 fully saturated rings. The molecule has 0 radical (unpaired) electrons. The zero-order valence-corrected chi connectivity index (χ0v) is 13.3. The fraction of sp³-hybridized carbons (Fsp3) is 0.286. The Balaban J connectivity index is 1.54. The largest absolute Gasteiger partial charge is 0.368 e. The first kappa shape index (κ1) is 15.6. The van der Waals surface area contributed by atoms with Crippen molar-refractivity contribution in [1.82, 2.24) is 40.1 Å². The SMILES string of the molecule is Cc1nc(NCCNC(=O)c2cn(C)nn2)cc(-n2cccn2)n1. The molecule has 3 aromatic heterocycles. The fourth-order valence-corrected chi connectivity index (χ4v) is 2.07. The smallest absolute Gasteiger partial charge is 0.273 e. The lowest BCUT2D eigenvalue weighted by molar-refractivity contribution is 0.0950. The van der Waals surface area contributed by atoms with Gasteiger partial charge < -0.3 is 10.6 Å². The van der Waals surface area contributed by atoms with E-state index in [4.69, 9.17) is 0 Å². The van der Waals surface area contributed by atoms with E-state index < -0.39 is 0 Å². The summed E-state index contributed by atoms with van der Waals surface area (Å²) in [6.07, 6.45) is 5.06. The maximum Gasteiger partial charge on any atom is 0.273 e. The molecule has 0 aromatic carbocycles. The van der Waals surface area contributed by atoms with Gasteiger partial charge in [-0.15, -0.1) is 5.10 Å². The first-order valence-electron chi connectivity index (χ1n) is 7.36. The number of hydrogen-bond acceptors (Lipinski definition) is 7. The quantitative estimate of drug-likeness (QED) is 0.609. The molecule has 0 aliphatic heterocycles. The average molecular weight is 327 g/mol. The lowest BCUT2D eigenvalue weighted by atomic mass is 10.4. The van der Waals surface area contributed by atoms with Gasteiger partial charge in [-0.1, -0.05) is 5.21 Å². The molecule has 3 aromatic rings. The molecule has 10 heteroatoms. The van der Waals surface area contributed by atoms with Crippen LogP contribution in [0, 0.1) is 6.92 Å². The van der Waals surface area contributed by atoms with Gasteiger partial charge in [0.1, 0.15) is 11.6 Å². The molecule has 0 atom stereocenters. The van der Waals surface area contributed by atoms with E-state index >= 15 is 0 Å². The van der Waals surface area contributed by atoms with Crippen LogP contribution in [-0.4, -0.2) is 53.7 Å². The third-order valence-corrected chi connectivity index (χ3v) is 3.12. The Morgan fingerprint density at radius 2 is 2.17 bits per heavy atom. The Morgan fingerprint density at radius 3 is 2.88 bits per heavy atom. The van der Waals surface area contributed by atoms with Crippen molar-refractivity contribution >= 4 is 11.7 Å². The molecule has 0 unspecified atom stereocenters. The number of aromatic nitrogens is 7. The lowest BCUT2D eigenvalue weighted by Crippen LogP contribution is -2.29. The molecular formula is C14H17N9O. The van der Waals surface area contributed by atoms with E-state index in [1.165, 1.54) is 4.68 Å². The second kappa shape index (κ2) is 6.86. The molecule has 0 bridgehead atoms. The number of nitrogens with zero attached hydrogens (tertiary/aromatic N) is 7. The highest BCUT2D eigenvalue weighted by atomic mass is 16.2. The van der Waals surface area contributed by atoms with E-state index in [-0.39, 0.29) is 11.6 Å². The Morgan fingerprint density at radius 1 is 1.29 bits per heavy atom. The molecular weight excluding hydrogens is 310 g/mol. The van der Waals surface area contributed by atoms with Crippen LogP contribution < -0.4 is 10.6 Å². The molecule has 24 heavy (non-hydrogen) atoms. The van der Waals surface area contributed by atoms with Gasteiger partial charge in [0.05, 0.1) is 6.20 Å². The molecule has 3 rings (SSSR count). The topological polar surface area (TPSA) is 115 Å². The second-order valence-corrected chi connectivity index (χ2v) is 5.07. The van der Waals surface area contributed by atoms with Gasteiger partial charge in [0.25, 0.3) is 5.91 Å². The van der Waals surface area contributed by atoms with Crippen LogP contribution in [-0.2, 0) is 7.05 Å². The van der Waals surface area contributed by atoms with Gasteiger partial charge in [-0.3, -0.25) is 9.48 Å². The standard InChI is InChI=1S/C14H17N9O/c1-10-18-12(8-13(19-10)23-7-3-4-17-23)15-5-6-16-14(24)11-9-22(2)21-20-11/h3-4,7-9H,5-6H2,1-2H3,(H,16,24)(H,15,18,19). The van der Waals surface area contributed by atoms with Crippen molar-refractivity contribution in [2.24, 2.45) is 7.05 Å². The molecule has 0 saturated carbocycles. The highest BCUT2D eigenvalue weighted by Gasteiger charge is 2.09. The average Bonchev–Trinajstić information content (AvgIpc) is 3.22. The number of aryl methyl sites for hydroxylation is 2. The molecule has 2 N–H and O–H groups in total. The lowest BCUT2D eigenvalue weighted by Gasteiger charge is -2.09. The minimum Gasteiger partial charge on any atom is -0.368 e. The zero-order chi connectivity index (χ0) is 16.9. The minimum atomic E-state index is -0.263. The number of hydrogen-bond donors (Lipinski definition) is 2. The first-order chi connectivity index (χ1) is 11.6. The number of amides is 1. The van der Waals surface area contributed by atoms with Crippen LogP contribution in [0.5, 0.6) is 0 Å². The van der Waals surface area contributed by atoms with Gasteiger partial charge in [0, 0.05) is 38.6 Å². The summed E-state index contributed by atoms with van der Waals surface area (Å²) < 4.78 is 3.14. The maximum absolute atomic E-state index is 11.8. The monoisotopic (exact) mass is 327 g/mol. The van der Waals surface area contributed by atoms with Crippen LogP contribution in [0.3, 0.4) is 0 Å². The summed E-state index contributed by atoms with van der Waals surface area (Å²) in [5, 5.41) is 17.5. The highest BCUT2D eigenvalue weighted by molar-refractivity contribution is 5.91. The van der Waals surface area contributed by atoms with Crippen LogP contribution in [0.15, 0.2) is 30.7 Å². The second-order valence-electron chi connectivity index (χ2n) is 5.07. The van der Waals surface area contributed by atoms with E-state index in [9.17, 15) is 4.79 Å². The van der Waals surface area contributed by atoms with Crippen LogP contribution >= 0.6 is 0 Å². The van der Waals surface area contributed by atoms with Crippen molar-refractivity contribution in [3.05, 3.63) is 42.2 Å². The van der Waals surface area contributed by atoms with E-state index in [1.807, 2.05) is 19.2 Å². The van der Waals surface area contributed by atoms with E-state index in [0.29, 0.717) is 30.5 Å². The zero-order valence-electron chi connectivity index (χ0n) is 13.3. The Labute approximate surface area is 137 Å². The van der Waals surface area contributed by atoms with Gasteiger partial charge >= 0.3 is 0 Å². The van der Waals surface area contributed by atoms with Gasteiger partial charge in [-0.25, -0.2) is 14.6 Å². The van der Waals surface area contributed by atoms with Crippen LogP contribution in [0.25, 0.3) is 5.82 Å². The molecule has 0 saturated heterocycles. The predicted molar refractivity (Wildman–Crippen MR) is 85.7 cm³/mol. The molecule has 1 amide bonds. The minimum absolute atomic E-state index is 0.263. The van der Waals surface area contributed by atoms with E-state index in [2.05, 4.69) is 36.0 Å². The number of rotatable bonds is 6. The summed E-state index contributed by atoms with van der Waals surface area (Å²) >= 11 is 0. The first-order valence-corrected chi connectivity index (χ1v) is 7.36. The molecule has 0 spiro atoms. The summed E-state index contributed by atoms with van der Waals surface area (Å²) in [5.41, 5.74) is 0.288. The molecule has 0 aliphatic rings. The normalized spacial score (nSPS) is 10.6. The summed E-state index contributed by atoms with van der Waals surface area (Å²) in [4.78, 5) is 20.5. The van der Waals surface area contributed by atoms with Crippen LogP contribution in [0.4, 0.5) is 5.82 Å². The van der Waals surface area contributed by atoms with Gasteiger partial charge in [-0.2, -0.15) is 5.10 Å². The summed E-state index contributed by atoms with van der Waals surface area (Å²) in [5.74, 6) is 1.72. The summed E-state index contributed by atoms with van der Waals surface area (Å²) in [6.45, 7) is 2.75. The van der Waals surface area contributed by atoms with Crippen molar-refractivity contribution in [3.63, 3.8) is 0 Å². The Hall–Kier alpha value is -3.30. The molecule has 124 valence electrons.